The Balaban J connectivity index is 0.000000135. The number of aromatic nitrogens is 12. The lowest BCUT2D eigenvalue weighted by molar-refractivity contribution is -0.138. The molecule has 0 spiro atoms. The molecule has 6 aliphatic rings. The molecule has 0 saturated carbocycles. The number of nitrogens with two attached hydrogens (primary N) is 2. The maximum Gasteiger partial charge on any atom is 0.416 e. The molecular weight excluding hydrogens is 1320 g/mol. The zero-order valence-corrected chi connectivity index (χ0v) is 55.0. The van der Waals surface area contributed by atoms with E-state index in [1.165, 1.54) is 51.2 Å². The van der Waals surface area contributed by atoms with E-state index in [0.717, 1.165) is 68.9 Å². The first-order chi connectivity index (χ1) is 47.9. The van der Waals surface area contributed by atoms with Crippen molar-refractivity contribution in [3.63, 3.8) is 0 Å². The molecule has 12 heterocycles. The molecule has 15 rings (SSSR count). The molecule has 0 radical (unpaired) electrons. The summed E-state index contributed by atoms with van der Waals surface area (Å²) < 4.78 is 106. The molecule has 0 aliphatic carbocycles. The number of anilines is 6. The molecule has 524 valence electrons. The zero-order valence-electron chi connectivity index (χ0n) is 55.0. The van der Waals surface area contributed by atoms with Crippen LogP contribution in [0.15, 0.2) is 69.0 Å². The summed E-state index contributed by atoms with van der Waals surface area (Å²) in [5.41, 5.74) is 11.2. The van der Waals surface area contributed by atoms with Gasteiger partial charge in [-0.2, -0.15) is 48.3 Å². The maximum absolute atomic E-state index is 14.5. The highest BCUT2D eigenvalue weighted by Gasteiger charge is 2.39. The van der Waals surface area contributed by atoms with Crippen LogP contribution < -0.4 is 57.5 Å². The predicted molar refractivity (Wildman–Crippen MR) is 355 cm³/mol. The van der Waals surface area contributed by atoms with Crippen molar-refractivity contribution < 1.29 is 45.1 Å². The van der Waals surface area contributed by atoms with Gasteiger partial charge in [-0.05, 0) is 131 Å². The van der Waals surface area contributed by atoms with Crippen LogP contribution in [-0.4, -0.2) is 146 Å². The third-order valence-corrected chi connectivity index (χ3v) is 18.9. The molecule has 6 aromatic heterocycles. The predicted octanol–water partition coefficient (Wildman–Crippen LogP) is 5.56. The summed E-state index contributed by atoms with van der Waals surface area (Å²) in [6.07, 6.45) is 0.636. The molecule has 3 atom stereocenters. The number of benzene rings is 3. The van der Waals surface area contributed by atoms with E-state index >= 15 is 0 Å². The van der Waals surface area contributed by atoms with Gasteiger partial charge in [-0.1, -0.05) is 6.92 Å². The lowest BCUT2D eigenvalue weighted by Gasteiger charge is -2.32. The van der Waals surface area contributed by atoms with Gasteiger partial charge in [0.05, 0.1) is 36.8 Å². The number of hydrogen-bond acceptors (Lipinski definition) is 18. The molecule has 3 fully saturated rings. The molecule has 6 aliphatic heterocycles. The monoisotopic (exact) mass is 1390 g/mol. The average Bonchev–Trinajstić information content (AvgIpc) is 1.59. The summed E-state index contributed by atoms with van der Waals surface area (Å²) in [6, 6.07) is 11.4. The highest BCUT2D eigenvalue weighted by molar-refractivity contribution is 5.98. The fraction of sp³-hybridized carbons (Fsp3) is 0.439. The van der Waals surface area contributed by atoms with Gasteiger partial charge in [0.15, 0.2) is 33.5 Å². The minimum atomic E-state index is -4.71. The third kappa shape index (κ3) is 12.5. The lowest BCUT2D eigenvalue weighted by Crippen LogP contribution is -2.44. The number of hydrogen-bond donors (Lipinski definition) is 2. The molecule has 9 aromatic rings. The van der Waals surface area contributed by atoms with Gasteiger partial charge in [-0.3, -0.25) is 70.9 Å². The Hall–Kier alpha value is -10.6. The number of nitrogens with zero attached hydrogens (tertiary/aromatic N) is 19. The van der Waals surface area contributed by atoms with Gasteiger partial charge in [0.25, 0.3) is 16.7 Å². The first-order valence-electron chi connectivity index (χ1n) is 33.0. The fourth-order valence-corrected chi connectivity index (χ4v) is 14.1. The molecular formula is C66H70F7N21O6. The van der Waals surface area contributed by atoms with E-state index in [-0.39, 0.29) is 125 Å². The number of imidazole rings is 3. The highest BCUT2D eigenvalue weighted by Crippen LogP contribution is 2.36. The number of rotatable bonds is 12. The summed E-state index contributed by atoms with van der Waals surface area (Å²) in [7, 11) is 0. The standard InChI is InChI=1S/C23H24F4N6O2.C22H23FN8O2.C21H23F2N7O2/c1-3-31-17(34)12-33-20(35)18-19(29-22(31)33)28-21(30-8-4-5-13(2)10-30)32(18)11-14-9-15(24)6-7-16(14)23(25,26)27;1-2-29-17(32)12-31-20(33)18-19(27-22(29)31)26-21(28-7-3-4-16(25)11-28)30(18)10-14-8-15(23)6-5-13(14)9-24;1-2-28-16(31)11-30-19(32)17-18(26-21(28)30)25-20(27-7-3-4-14(24)10-27)29(17)9-12-8-13(22)5-6-15(12)23/h6-7,9,13H,3-5,8,10-12H2,1-2H3;5-6,8,16H,2-4,7,10-12,25H2,1H3;5-6,8,14H,2-4,7,9-11,24H2,1H3/t13-;16-;14-/m111/s1. The second-order valence-electron chi connectivity index (χ2n) is 25.7. The zero-order chi connectivity index (χ0) is 70.9. The Morgan fingerprint density at radius 3 is 1.25 bits per heavy atom. The number of piperidine rings is 3. The maximum atomic E-state index is 14.5. The number of likely N-dealkylation sites (N-methyl/N-ethyl adjacent to an activating group) is 3. The number of carbonyl (C=O) groups excluding carboxylic acids is 3. The lowest BCUT2D eigenvalue weighted by atomic mass is 10.0. The molecule has 3 aromatic carbocycles. The van der Waals surface area contributed by atoms with Gasteiger partial charge in [-0.25, -0.2) is 17.6 Å². The first-order valence-corrected chi connectivity index (χ1v) is 33.0. The second-order valence-corrected chi connectivity index (χ2v) is 25.7. The summed E-state index contributed by atoms with van der Waals surface area (Å²) >= 11 is 0. The van der Waals surface area contributed by atoms with E-state index in [1.807, 2.05) is 21.6 Å². The van der Waals surface area contributed by atoms with Gasteiger partial charge < -0.3 is 26.2 Å². The Kier molecular flexibility index (Phi) is 18.3. The summed E-state index contributed by atoms with van der Waals surface area (Å²) in [6.45, 7) is 11.3. The number of carbonyl (C=O) groups is 3. The summed E-state index contributed by atoms with van der Waals surface area (Å²) in [5.74, 6) is -0.937. The highest BCUT2D eigenvalue weighted by atomic mass is 19.4. The number of amides is 3. The van der Waals surface area contributed by atoms with Gasteiger partial charge in [0, 0.05) is 76.5 Å². The Labute approximate surface area is 564 Å². The Bertz CT molecular complexity index is 5010. The van der Waals surface area contributed by atoms with Crippen LogP contribution in [0.5, 0.6) is 0 Å². The Morgan fingerprint density at radius 2 is 0.850 bits per heavy atom. The fourth-order valence-electron chi connectivity index (χ4n) is 14.1. The van der Waals surface area contributed by atoms with Gasteiger partial charge in [0.2, 0.25) is 53.4 Å². The first kappa shape index (κ1) is 68.0. The molecule has 34 heteroatoms. The van der Waals surface area contributed by atoms with E-state index in [1.54, 1.807) is 23.0 Å². The van der Waals surface area contributed by atoms with Crippen LogP contribution in [-0.2, 0) is 59.8 Å². The summed E-state index contributed by atoms with van der Waals surface area (Å²) in [4.78, 5) is 115. The molecule has 27 nitrogen and oxygen atoms in total. The van der Waals surface area contributed by atoms with E-state index in [4.69, 9.17) is 11.5 Å². The van der Waals surface area contributed by atoms with Crippen LogP contribution in [0.25, 0.3) is 33.5 Å². The van der Waals surface area contributed by atoms with Crippen molar-refractivity contribution in [2.45, 2.75) is 124 Å². The SMILES string of the molecule is CCN1C(=O)Cn2c1nc1nc(N3CCC[C@@H](C)C3)n(Cc3cc(F)ccc3C(F)(F)F)c1c2=O.CCN1C(=O)Cn2c1nc1nc(N3CCC[C@@H](N)C3)n(Cc3cc(F)ccc3C#N)c1c2=O.CCN1C(=O)Cn2c1nc1nc(N3CCC[C@@H](N)C3)n(Cc3cc(F)ccc3F)c1c2=O. The van der Waals surface area contributed by atoms with Crippen LogP contribution in [0.1, 0.15) is 94.0 Å². The van der Waals surface area contributed by atoms with Crippen molar-refractivity contribution in [1.29, 1.82) is 5.26 Å². The van der Waals surface area contributed by atoms with Crippen molar-refractivity contribution in [2.75, 3.05) is 88.3 Å². The van der Waals surface area contributed by atoms with Crippen LogP contribution in [0.2, 0.25) is 0 Å². The number of alkyl halides is 3. The van der Waals surface area contributed by atoms with Crippen molar-refractivity contribution in [3.8, 4) is 6.07 Å². The number of halogens is 7. The minimum Gasteiger partial charge on any atom is -0.342 e. The van der Waals surface area contributed by atoms with E-state index in [2.05, 4.69) is 42.9 Å². The van der Waals surface area contributed by atoms with Gasteiger partial charge in [0.1, 0.15) is 42.9 Å². The van der Waals surface area contributed by atoms with E-state index in [0.29, 0.717) is 99.9 Å². The van der Waals surface area contributed by atoms with Crippen LogP contribution in [0.4, 0.5) is 66.4 Å². The van der Waals surface area contributed by atoms with Crippen molar-refractivity contribution >= 4 is 86.9 Å². The number of fused-ring (bicyclic) bond motifs is 6. The Morgan fingerprint density at radius 1 is 0.490 bits per heavy atom. The van der Waals surface area contributed by atoms with Crippen molar-refractivity contribution in [2.24, 2.45) is 17.4 Å². The molecule has 3 amide bonds. The largest absolute Gasteiger partial charge is 0.416 e. The van der Waals surface area contributed by atoms with Crippen LogP contribution in [0, 0.1) is 40.5 Å². The van der Waals surface area contributed by atoms with Crippen molar-refractivity contribution in [3.05, 3.63) is 137 Å². The molecule has 0 unspecified atom stereocenters. The molecule has 4 N–H and O–H groups in total. The third-order valence-electron chi connectivity index (χ3n) is 18.9. The number of nitriles is 1. The van der Waals surface area contributed by atoms with Crippen LogP contribution >= 0.6 is 0 Å². The topological polar surface area (TPSA) is 305 Å². The van der Waals surface area contributed by atoms with E-state index < -0.39 is 58.2 Å². The molecule has 100 heavy (non-hydrogen) atoms. The van der Waals surface area contributed by atoms with Gasteiger partial charge in [-0.15, -0.1) is 0 Å². The van der Waals surface area contributed by atoms with Gasteiger partial charge >= 0.3 is 6.18 Å². The van der Waals surface area contributed by atoms with Crippen LogP contribution in [0.3, 0.4) is 0 Å². The molecule has 3 saturated heterocycles. The molecule has 0 bridgehead atoms. The average molecular weight is 1390 g/mol. The van der Waals surface area contributed by atoms with E-state index in [9.17, 15) is 64.8 Å². The van der Waals surface area contributed by atoms with Crippen molar-refractivity contribution in [1.82, 2.24) is 57.3 Å². The quantitative estimate of drug-likeness (QED) is 0.141. The normalized spacial score (nSPS) is 18.4. The summed E-state index contributed by atoms with van der Waals surface area (Å²) in [5, 5.41) is 9.53. The minimum absolute atomic E-state index is 0.00915. The second kappa shape index (κ2) is 26.9. The smallest absolute Gasteiger partial charge is 0.342 e.